The van der Waals surface area contributed by atoms with Crippen LogP contribution in [-0.4, -0.2) is 51.4 Å². The van der Waals surface area contributed by atoms with Gasteiger partial charge in [-0.1, -0.05) is 30.3 Å². The number of rotatable bonds is 9. The van der Waals surface area contributed by atoms with Gasteiger partial charge in [0.2, 0.25) is 5.95 Å². The largest absolute Gasteiger partial charge is 0.395 e. The Hall–Kier alpha value is -5.53. The van der Waals surface area contributed by atoms with Gasteiger partial charge >= 0.3 is 0 Å². The van der Waals surface area contributed by atoms with Crippen LogP contribution in [0.25, 0.3) is 28.0 Å². The van der Waals surface area contributed by atoms with Crippen LogP contribution in [0.5, 0.6) is 0 Å². The van der Waals surface area contributed by atoms with Gasteiger partial charge in [0.05, 0.1) is 34.0 Å². The van der Waals surface area contributed by atoms with Gasteiger partial charge in [0.1, 0.15) is 22.9 Å². The summed E-state index contributed by atoms with van der Waals surface area (Å²) in [5.74, 6) is -3.09. The number of halogens is 2. The zero-order valence-electron chi connectivity index (χ0n) is 23.4. The van der Waals surface area contributed by atoms with E-state index in [4.69, 9.17) is 10.2 Å². The Labute approximate surface area is 256 Å². The van der Waals surface area contributed by atoms with Gasteiger partial charge in [0, 0.05) is 29.3 Å². The second-order valence-corrected chi connectivity index (χ2v) is 12.0. The van der Waals surface area contributed by atoms with Crippen molar-refractivity contribution in [3.05, 3.63) is 121 Å². The lowest BCUT2D eigenvalue weighted by Crippen LogP contribution is -2.15. The van der Waals surface area contributed by atoms with Crippen LogP contribution in [0.4, 0.5) is 26.1 Å². The molecule has 0 unspecified atom stereocenters. The first-order valence-corrected chi connectivity index (χ1v) is 15.3. The maximum Gasteiger partial charge on any atom is 0.261 e. The molecule has 0 bridgehead atoms. The number of benzene rings is 3. The van der Waals surface area contributed by atoms with Crippen molar-refractivity contribution in [3.63, 3.8) is 0 Å². The Bertz CT molecular complexity index is 2150. The Morgan fingerprint density at radius 3 is 2.44 bits per heavy atom. The minimum atomic E-state index is -3.67. The Balaban J connectivity index is 1.36. The Morgan fingerprint density at radius 1 is 0.889 bits per heavy atom. The second kappa shape index (κ2) is 12.2. The number of hydrogen-bond acceptors (Lipinski definition) is 8. The number of amides is 1. The summed E-state index contributed by atoms with van der Waals surface area (Å²) in [6.07, 6.45) is 3.32. The van der Waals surface area contributed by atoms with E-state index in [2.05, 4.69) is 20.6 Å². The predicted molar refractivity (Wildman–Crippen MR) is 165 cm³/mol. The molecule has 0 fully saturated rings. The van der Waals surface area contributed by atoms with Gasteiger partial charge < -0.3 is 15.7 Å². The lowest BCUT2D eigenvalue weighted by molar-refractivity contribution is 0.101. The SMILES string of the molecule is O=C(Nc1cccc(-c2nn3ccccc3c2-c2ccnc(Nc3cccc(S(=O)(=O)CCO)c3)n2)c1)c1c(F)cccc1F. The van der Waals surface area contributed by atoms with Crippen LogP contribution >= 0.6 is 0 Å². The maximum atomic E-state index is 14.2. The fourth-order valence-electron chi connectivity index (χ4n) is 4.80. The number of aliphatic hydroxyl groups is 1. The van der Waals surface area contributed by atoms with Crippen molar-refractivity contribution in [3.8, 4) is 22.5 Å². The molecular weight excluding hydrogens is 602 g/mol. The number of pyridine rings is 1. The number of aromatic nitrogens is 4. The number of aliphatic hydroxyl groups excluding tert-OH is 1. The molecule has 3 aromatic carbocycles. The normalized spacial score (nSPS) is 11.4. The van der Waals surface area contributed by atoms with Crippen molar-refractivity contribution in [1.82, 2.24) is 19.6 Å². The molecule has 6 aromatic rings. The van der Waals surface area contributed by atoms with Crippen LogP contribution in [0, 0.1) is 11.6 Å². The van der Waals surface area contributed by atoms with Crippen LogP contribution in [0.3, 0.4) is 0 Å². The van der Waals surface area contributed by atoms with E-state index < -0.39 is 45.3 Å². The summed E-state index contributed by atoms with van der Waals surface area (Å²) >= 11 is 0. The van der Waals surface area contributed by atoms with Crippen LogP contribution in [0.2, 0.25) is 0 Å². The maximum absolute atomic E-state index is 14.2. The third-order valence-corrected chi connectivity index (χ3v) is 8.54. The molecule has 45 heavy (non-hydrogen) atoms. The van der Waals surface area contributed by atoms with Gasteiger partial charge in [0.15, 0.2) is 9.84 Å². The van der Waals surface area contributed by atoms with Crippen molar-refractivity contribution in [2.45, 2.75) is 4.90 Å². The van der Waals surface area contributed by atoms with E-state index in [9.17, 15) is 22.0 Å². The molecule has 0 atom stereocenters. The standard InChI is InChI=1S/C32H24F2N6O4S/c33-24-10-5-11-25(34)28(24)31(42)36-21-7-3-6-20(18-21)30-29(27-12-1-2-15-40(27)39-30)26-13-14-35-32(38-26)37-22-8-4-9-23(19-22)45(43,44)17-16-41/h1-15,18-19,41H,16-17H2,(H,36,42)(H,35,37,38). The van der Waals surface area contributed by atoms with Gasteiger partial charge in [-0.15, -0.1) is 0 Å². The molecule has 0 radical (unpaired) electrons. The Kier molecular flexibility index (Phi) is 8.02. The van der Waals surface area contributed by atoms with E-state index in [1.165, 1.54) is 18.2 Å². The van der Waals surface area contributed by atoms with Crippen molar-refractivity contribution in [2.75, 3.05) is 23.0 Å². The molecule has 10 nitrogen and oxygen atoms in total. The number of nitrogens with zero attached hydrogens (tertiary/aromatic N) is 4. The van der Waals surface area contributed by atoms with Gasteiger partial charge in [-0.25, -0.2) is 31.7 Å². The first-order chi connectivity index (χ1) is 21.7. The Morgan fingerprint density at radius 2 is 1.64 bits per heavy atom. The molecule has 13 heteroatoms. The van der Waals surface area contributed by atoms with E-state index in [1.54, 1.807) is 59.4 Å². The van der Waals surface area contributed by atoms with E-state index in [1.807, 2.05) is 18.2 Å². The highest BCUT2D eigenvalue weighted by molar-refractivity contribution is 7.91. The van der Waals surface area contributed by atoms with E-state index in [0.29, 0.717) is 33.9 Å². The molecule has 226 valence electrons. The molecule has 0 spiro atoms. The summed E-state index contributed by atoms with van der Waals surface area (Å²) in [7, 11) is -3.67. The quantitative estimate of drug-likeness (QED) is 0.191. The first-order valence-electron chi connectivity index (χ1n) is 13.6. The highest BCUT2D eigenvalue weighted by atomic mass is 32.2. The predicted octanol–water partition coefficient (Wildman–Crippen LogP) is 5.50. The number of nitrogens with one attached hydrogen (secondary N) is 2. The topological polar surface area (TPSA) is 139 Å². The van der Waals surface area contributed by atoms with Crippen LogP contribution < -0.4 is 10.6 Å². The minimum absolute atomic E-state index is 0.0485. The number of carbonyl (C=O) groups excluding carboxylic acids is 1. The van der Waals surface area contributed by atoms with Crippen molar-refractivity contribution < 1.29 is 27.1 Å². The molecule has 0 aliphatic heterocycles. The summed E-state index contributed by atoms with van der Waals surface area (Å²) in [4.78, 5) is 21.8. The van der Waals surface area contributed by atoms with Crippen molar-refractivity contribution in [2.24, 2.45) is 0 Å². The zero-order chi connectivity index (χ0) is 31.6. The molecule has 3 aromatic heterocycles. The molecular formula is C32H24F2N6O4S. The molecule has 0 saturated carbocycles. The summed E-state index contributed by atoms with van der Waals surface area (Å²) in [5, 5.41) is 19.5. The lowest BCUT2D eigenvalue weighted by atomic mass is 10.0. The number of sulfone groups is 1. The molecule has 0 saturated heterocycles. The highest BCUT2D eigenvalue weighted by Crippen LogP contribution is 2.35. The molecule has 3 N–H and O–H groups in total. The summed E-state index contributed by atoms with van der Waals surface area (Å²) in [5.41, 5.74) is 3.00. The van der Waals surface area contributed by atoms with E-state index in [0.717, 1.165) is 17.6 Å². The second-order valence-electron chi connectivity index (χ2n) is 9.85. The molecule has 1 amide bonds. The average molecular weight is 627 g/mol. The van der Waals surface area contributed by atoms with E-state index in [-0.39, 0.29) is 10.8 Å². The molecule has 0 aliphatic carbocycles. The number of anilines is 3. The third kappa shape index (κ3) is 6.12. The lowest BCUT2D eigenvalue weighted by Gasteiger charge is -2.10. The van der Waals surface area contributed by atoms with Crippen LogP contribution in [-0.2, 0) is 9.84 Å². The summed E-state index contributed by atoms with van der Waals surface area (Å²) < 4.78 is 55.0. The molecule has 6 rings (SSSR count). The minimum Gasteiger partial charge on any atom is -0.395 e. The first kappa shape index (κ1) is 29.5. The molecule has 3 heterocycles. The van der Waals surface area contributed by atoms with Crippen molar-refractivity contribution in [1.29, 1.82) is 0 Å². The number of carbonyl (C=O) groups is 1. The van der Waals surface area contributed by atoms with Crippen LogP contribution in [0.1, 0.15) is 10.4 Å². The average Bonchev–Trinajstić information content (AvgIpc) is 3.41. The summed E-state index contributed by atoms with van der Waals surface area (Å²) in [6, 6.07) is 23.3. The van der Waals surface area contributed by atoms with Gasteiger partial charge in [-0.3, -0.25) is 4.79 Å². The fourth-order valence-corrected chi connectivity index (χ4v) is 5.87. The zero-order valence-corrected chi connectivity index (χ0v) is 24.2. The number of hydrogen-bond donors (Lipinski definition) is 3. The van der Waals surface area contributed by atoms with Gasteiger partial charge in [0.25, 0.3) is 5.91 Å². The van der Waals surface area contributed by atoms with Crippen molar-refractivity contribution >= 4 is 38.6 Å². The molecule has 0 aliphatic rings. The smallest absolute Gasteiger partial charge is 0.261 e. The third-order valence-electron chi connectivity index (χ3n) is 6.84. The van der Waals surface area contributed by atoms with Gasteiger partial charge in [-0.2, -0.15) is 5.10 Å². The summed E-state index contributed by atoms with van der Waals surface area (Å²) in [6.45, 7) is -0.494. The van der Waals surface area contributed by atoms with E-state index >= 15 is 0 Å². The highest BCUT2D eigenvalue weighted by Gasteiger charge is 2.21. The fraction of sp³-hybridized carbons (Fsp3) is 0.0625. The van der Waals surface area contributed by atoms with Crippen LogP contribution in [0.15, 0.2) is 108 Å². The number of fused-ring (bicyclic) bond motifs is 1. The monoisotopic (exact) mass is 626 g/mol. The van der Waals surface area contributed by atoms with Gasteiger partial charge in [-0.05, 0) is 60.7 Å².